The van der Waals surface area contributed by atoms with Gasteiger partial charge in [0.2, 0.25) is 0 Å². The third-order valence-electron chi connectivity index (χ3n) is 2.57. The molecule has 0 aliphatic heterocycles. The summed E-state index contributed by atoms with van der Waals surface area (Å²) in [6.07, 6.45) is 0.353. The van der Waals surface area contributed by atoms with Gasteiger partial charge in [-0.2, -0.15) is 0 Å². The summed E-state index contributed by atoms with van der Waals surface area (Å²) in [6, 6.07) is 7.80. The van der Waals surface area contributed by atoms with Crippen molar-refractivity contribution in [2.45, 2.75) is 45.8 Å². The molecule has 0 aromatic heterocycles. The molecule has 0 saturated carbocycles. The lowest BCUT2D eigenvalue weighted by Crippen LogP contribution is -2.27. The van der Waals surface area contributed by atoms with Crippen LogP contribution in [0.5, 0.6) is 0 Å². The van der Waals surface area contributed by atoms with Gasteiger partial charge in [-0.3, -0.25) is 4.79 Å². The van der Waals surface area contributed by atoms with Gasteiger partial charge in [0.25, 0.3) is 0 Å². The van der Waals surface area contributed by atoms with Crippen molar-refractivity contribution in [2.75, 3.05) is 6.54 Å². The second-order valence-corrected chi connectivity index (χ2v) is 5.94. The van der Waals surface area contributed by atoms with Crippen LogP contribution < -0.4 is 5.32 Å². The summed E-state index contributed by atoms with van der Waals surface area (Å²) in [5.74, 6) is -0.189. The smallest absolute Gasteiger partial charge is 0.307 e. The summed E-state index contributed by atoms with van der Waals surface area (Å²) in [6.45, 7) is 8.19. The van der Waals surface area contributed by atoms with Crippen LogP contribution in [-0.2, 0) is 9.53 Å². The molecule has 0 amide bonds. The summed E-state index contributed by atoms with van der Waals surface area (Å²) >= 11 is 6.12. The normalized spacial score (nSPS) is 13.1. The quantitative estimate of drug-likeness (QED) is 0.837. The molecule has 0 unspecified atom stereocenters. The Kier molecular flexibility index (Phi) is 5.83. The molecule has 0 radical (unpaired) electrons. The number of esters is 1. The Morgan fingerprint density at radius 3 is 2.58 bits per heavy atom. The number of carbonyl (C=O) groups excluding carboxylic acids is 1. The fraction of sp³-hybridized carbons (Fsp3) is 0.533. The molecule has 0 aliphatic rings. The highest BCUT2D eigenvalue weighted by atomic mass is 35.5. The average Bonchev–Trinajstić information content (AvgIpc) is 2.26. The van der Waals surface area contributed by atoms with Crippen molar-refractivity contribution in [1.82, 2.24) is 5.32 Å². The van der Waals surface area contributed by atoms with Crippen molar-refractivity contribution in [3.8, 4) is 0 Å². The van der Waals surface area contributed by atoms with Crippen LogP contribution in [0.3, 0.4) is 0 Å². The molecule has 0 aliphatic carbocycles. The predicted molar refractivity (Wildman–Crippen MR) is 78.3 cm³/mol. The maximum absolute atomic E-state index is 11.6. The number of rotatable bonds is 5. The lowest BCUT2D eigenvalue weighted by molar-refractivity contribution is -0.154. The van der Waals surface area contributed by atoms with Crippen molar-refractivity contribution in [1.29, 1.82) is 0 Å². The van der Waals surface area contributed by atoms with Crippen LogP contribution in [0.1, 0.15) is 45.7 Å². The van der Waals surface area contributed by atoms with Gasteiger partial charge >= 0.3 is 5.97 Å². The molecular formula is C15H22ClNO2. The summed E-state index contributed by atoms with van der Waals surface area (Å²) in [5.41, 5.74) is 0.610. The van der Waals surface area contributed by atoms with E-state index in [4.69, 9.17) is 16.3 Å². The Morgan fingerprint density at radius 1 is 1.37 bits per heavy atom. The molecule has 19 heavy (non-hydrogen) atoms. The van der Waals surface area contributed by atoms with Crippen LogP contribution in [0.2, 0.25) is 5.02 Å². The van der Waals surface area contributed by atoms with E-state index in [9.17, 15) is 4.79 Å². The van der Waals surface area contributed by atoms with E-state index in [1.807, 2.05) is 52.0 Å². The van der Waals surface area contributed by atoms with Gasteiger partial charge < -0.3 is 10.1 Å². The monoisotopic (exact) mass is 283 g/mol. The molecule has 0 heterocycles. The van der Waals surface area contributed by atoms with Crippen LogP contribution in [0.4, 0.5) is 0 Å². The van der Waals surface area contributed by atoms with Crippen LogP contribution in [-0.4, -0.2) is 18.1 Å². The van der Waals surface area contributed by atoms with Crippen molar-refractivity contribution in [2.24, 2.45) is 0 Å². The largest absolute Gasteiger partial charge is 0.460 e. The van der Waals surface area contributed by atoms with Gasteiger partial charge in [0.1, 0.15) is 5.60 Å². The van der Waals surface area contributed by atoms with Gasteiger partial charge in [0.05, 0.1) is 6.42 Å². The van der Waals surface area contributed by atoms with E-state index in [2.05, 4.69) is 5.32 Å². The minimum atomic E-state index is -0.425. The molecule has 1 N–H and O–H groups in total. The zero-order valence-electron chi connectivity index (χ0n) is 12.0. The maximum Gasteiger partial charge on any atom is 0.307 e. The third-order valence-corrected chi connectivity index (χ3v) is 2.92. The molecule has 3 nitrogen and oxygen atoms in total. The predicted octanol–water partition coefficient (Wildman–Crippen LogP) is 3.72. The first-order valence-corrected chi connectivity index (χ1v) is 6.87. The first kappa shape index (κ1) is 16.0. The molecule has 0 bridgehead atoms. The van der Waals surface area contributed by atoms with Gasteiger partial charge in [0.15, 0.2) is 0 Å². The minimum Gasteiger partial charge on any atom is -0.460 e. The number of benzene rings is 1. The molecule has 0 saturated heterocycles. The molecule has 1 aromatic rings. The Labute approximate surface area is 120 Å². The second-order valence-electron chi connectivity index (χ2n) is 5.53. The van der Waals surface area contributed by atoms with E-state index < -0.39 is 5.60 Å². The maximum atomic E-state index is 11.6. The Morgan fingerprint density at radius 2 is 2.00 bits per heavy atom. The first-order chi connectivity index (χ1) is 8.79. The average molecular weight is 284 g/mol. The lowest BCUT2D eigenvalue weighted by atomic mass is 10.1. The van der Waals surface area contributed by atoms with E-state index in [0.29, 0.717) is 13.0 Å². The van der Waals surface area contributed by atoms with Gasteiger partial charge in [-0.25, -0.2) is 0 Å². The van der Waals surface area contributed by atoms with Gasteiger partial charge in [-0.15, -0.1) is 0 Å². The second kappa shape index (κ2) is 6.92. The third kappa shape index (κ3) is 6.08. The highest BCUT2D eigenvalue weighted by Crippen LogP contribution is 2.21. The van der Waals surface area contributed by atoms with E-state index >= 15 is 0 Å². The number of halogens is 1. The van der Waals surface area contributed by atoms with Crippen LogP contribution in [0, 0.1) is 0 Å². The summed E-state index contributed by atoms with van der Waals surface area (Å²) < 4.78 is 5.24. The van der Waals surface area contributed by atoms with E-state index in [-0.39, 0.29) is 12.0 Å². The van der Waals surface area contributed by atoms with Crippen molar-refractivity contribution in [3.63, 3.8) is 0 Å². The zero-order valence-corrected chi connectivity index (χ0v) is 12.8. The SMILES string of the molecule is C[C@H](NCCC(=O)OC(C)(C)C)c1ccccc1Cl. The van der Waals surface area contributed by atoms with E-state index in [1.165, 1.54) is 0 Å². The van der Waals surface area contributed by atoms with Crippen molar-refractivity contribution < 1.29 is 9.53 Å². The highest BCUT2D eigenvalue weighted by molar-refractivity contribution is 6.31. The molecular weight excluding hydrogens is 262 g/mol. The molecule has 4 heteroatoms. The van der Waals surface area contributed by atoms with Crippen molar-refractivity contribution in [3.05, 3.63) is 34.9 Å². The number of hydrogen-bond donors (Lipinski definition) is 1. The van der Waals surface area contributed by atoms with E-state index in [0.717, 1.165) is 10.6 Å². The zero-order chi connectivity index (χ0) is 14.5. The van der Waals surface area contributed by atoms with E-state index in [1.54, 1.807) is 0 Å². The van der Waals surface area contributed by atoms with Crippen molar-refractivity contribution >= 4 is 17.6 Å². The van der Waals surface area contributed by atoms with Crippen LogP contribution in [0.25, 0.3) is 0 Å². The summed E-state index contributed by atoms with van der Waals surface area (Å²) in [5, 5.41) is 4.01. The van der Waals surface area contributed by atoms with Crippen LogP contribution >= 0.6 is 11.6 Å². The van der Waals surface area contributed by atoms with Gasteiger partial charge in [-0.05, 0) is 39.3 Å². The molecule has 1 aromatic carbocycles. The fourth-order valence-corrected chi connectivity index (χ4v) is 2.02. The standard InChI is InChI=1S/C15H22ClNO2/c1-11(12-7-5-6-8-13(12)16)17-10-9-14(18)19-15(2,3)4/h5-8,11,17H,9-10H2,1-4H3/t11-/m0/s1. The Bertz CT molecular complexity index is 426. The Balaban J connectivity index is 2.38. The first-order valence-electron chi connectivity index (χ1n) is 6.49. The van der Waals surface area contributed by atoms with Gasteiger partial charge in [0, 0.05) is 17.6 Å². The van der Waals surface area contributed by atoms with Crippen LogP contribution in [0.15, 0.2) is 24.3 Å². The number of ether oxygens (including phenoxy) is 1. The lowest BCUT2D eigenvalue weighted by Gasteiger charge is -2.20. The molecule has 106 valence electrons. The Hall–Kier alpha value is -1.06. The number of hydrogen-bond acceptors (Lipinski definition) is 3. The molecule has 0 spiro atoms. The number of nitrogens with one attached hydrogen (secondary N) is 1. The van der Waals surface area contributed by atoms with Gasteiger partial charge in [-0.1, -0.05) is 29.8 Å². The highest BCUT2D eigenvalue weighted by Gasteiger charge is 2.16. The fourth-order valence-electron chi connectivity index (χ4n) is 1.72. The summed E-state index contributed by atoms with van der Waals surface area (Å²) in [7, 11) is 0. The molecule has 1 atom stereocenters. The molecule has 0 fully saturated rings. The molecule has 1 rings (SSSR count). The summed E-state index contributed by atoms with van der Waals surface area (Å²) in [4.78, 5) is 11.6. The topological polar surface area (TPSA) is 38.3 Å². The number of carbonyl (C=O) groups is 1. The minimum absolute atomic E-state index is 0.108.